The third kappa shape index (κ3) is 6.20. The first-order valence-corrected chi connectivity index (χ1v) is 7.08. The lowest BCUT2D eigenvalue weighted by Gasteiger charge is -2.10. The molecule has 0 saturated carbocycles. The molecular formula is C13H19IN2O2. The smallest absolute Gasteiger partial charge is 0.319 e. The van der Waals surface area contributed by atoms with E-state index in [1.54, 1.807) is 0 Å². The zero-order valence-electron chi connectivity index (χ0n) is 10.7. The Kier molecular flexibility index (Phi) is 7.04. The maximum Gasteiger partial charge on any atom is 0.319 e. The molecule has 0 aromatic heterocycles. The summed E-state index contributed by atoms with van der Waals surface area (Å²) >= 11 is 2.19. The molecule has 0 radical (unpaired) electrons. The van der Waals surface area contributed by atoms with Gasteiger partial charge in [-0.05, 0) is 55.0 Å². The van der Waals surface area contributed by atoms with E-state index in [1.807, 2.05) is 38.1 Å². The molecule has 0 saturated heterocycles. The van der Waals surface area contributed by atoms with Gasteiger partial charge in [-0.1, -0.05) is 12.1 Å². The summed E-state index contributed by atoms with van der Waals surface area (Å²) in [6.45, 7) is 5.28. The first-order chi connectivity index (χ1) is 8.59. The van der Waals surface area contributed by atoms with E-state index in [0.717, 1.165) is 15.7 Å². The first kappa shape index (κ1) is 15.2. The highest BCUT2D eigenvalue weighted by Gasteiger charge is 2.03. The predicted molar refractivity (Wildman–Crippen MR) is 81.9 cm³/mol. The number of rotatable bonds is 6. The van der Waals surface area contributed by atoms with E-state index in [0.29, 0.717) is 13.2 Å². The van der Waals surface area contributed by atoms with Crippen molar-refractivity contribution in [3.05, 3.63) is 27.8 Å². The molecule has 100 valence electrons. The number of benzene rings is 1. The second-order valence-electron chi connectivity index (χ2n) is 4.13. The number of urea groups is 1. The number of halogens is 1. The number of para-hydroxylation sites is 1. The van der Waals surface area contributed by atoms with Crippen LogP contribution < -0.4 is 10.6 Å². The second-order valence-corrected chi connectivity index (χ2v) is 5.30. The summed E-state index contributed by atoms with van der Waals surface area (Å²) in [5, 5.41) is 5.61. The van der Waals surface area contributed by atoms with Gasteiger partial charge in [0, 0.05) is 16.7 Å². The zero-order chi connectivity index (χ0) is 13.4. The van der Waals surface area contributed by atoms with Gasteiger partial charge in [-0.15, -0.1) is 0 Å². The molecule has 18 heavy (non-hydrogen) atoms. The number of amides is 2. The molecule has 0 aliphatic heterocycles. The fourth-order valence-electron chi connectivity index (χ4n) is 1.32. The van der Waals surface area contributed by atoms with Gasteiger partial charge in [-0.2, -0.15) is 0 Å². The molecule has 0 unspecified atom stereocenters. The lowest BCUT2D eigenvalue weighted by Crippen LogP contribution is -2.30. The fraction of sp³-hybridized carbons (Fsp3) is 0.462. The molecule has 1 aromatic carbocycles. The Morgan fingerprint density at radius 3 is 2.78 bits per heavy atom. The van der Waals surface area contributed by atoms with Crippen LogP contribution in [0.25, 0.3) is 0 Å². The van der Waals surface area contributed by atoms with Gasteiger partial charge in [0.1, 0.15) is 0 Å². The minimum atomic E-state index is -0.177. The Morgan fingerprint density at radius 2 is 2.11 bits per heavy atom. The Hall–Kier alpha value is -0.820. The molecule has 1 aromatic rings. The summed E-state index contributed by atoms with van der Waals surface area (Å²) in [5.74, 6) is 0. The minimum absolute atomic E-state index is 0.177. The minimum Gasteiger partial charge on any atom is -0.379 e. The molecule has 1 rings (SSSR count). The van der Waals surface area contributed by atoms with Gasteiger partial charge in [-0.3, -0.25) is 0 Å². The van der Waals surface area contributed by atoms with Crippen LogP contribution in [-0.2, 0) is 4.74 Å². The standard InChI is InChI=1S/C13H19IN2O2/c1-10(2)18-9-5-8-15-13(17)16-12-7-4-3-6-11(12)14/h3-4,6-7,10H,5,8-9H2,1-2H3,(H2,15,16,17). The van der Waals surface area contributed by atoms with Crippen LogP contribution in [0.15, 0.2) is 24.3 Å². The largest absolute Gasteiger partial charge is 0.379 e. The van der Waals surface area contributed by atoms with Crippen LogP contribution in [0, 0.1) is 3.57 Å². The summed E-state index contributed by atoms with van der Waals surface area (Å²) in [6.07, 6.45) is 1.06. The number of anilines is 1. The third-order valence-electron chi connectivity index (χ3n) is 2.18. The van der Waals surface area contributed by atoms with Crippen molar-refractivity contribution in [3.63, 3.8) is 0 Å². The summed E-state index contributed by atoms with van der Waals surface area (Å²) in [7, 11) is 0. The van der Waals surface area contributed by atoms with Crippen LogP contribution in [-0.4, -0.2) is 25.3 Å². The summed E-state index contributed by atoms with van der Waals surface area (Å²) in [5.41, 5.74) is 0.828. The summed E-state index contributed by atoms with van der Waals surface area (Å²) in [4.78, 5) is 11.6. The van der Waals surface area contributed by atoms with Crippen molar-refractivity contribution in [2.75, 3.05) is 18.5 Å². The molecular weight excluding hydrogens is 343 g/mol. The zero-order valence-corrected chi connectivity index (χ0v) is 12.9. The van der Waals surface area contributed by atoms with Crippen molar-refractivity contribution in [2.45, 2.75) is 26.4 Å². The predicted octanol–water partition coefficient (Wildman–Crippen LogP) is 3.23. The van der Waals surface area contributed by atoms with Crippen LogP contribution in [0.2, 0.25) is 0 Å². The Labute approximate surface area is 122 Å². The lowest BCUT2D eigenvalue weighted by atomic mass is 10.3. The normalized spacial score (nSPS) is 10.4. The quantitative estimate of drug-likeness (QED) is 0.603. The van der Waals surface area contributed by atoms with Crippen LogP contribution in [0.1, 0.15) is 20.3 Å². The van der Waals surface area contributed by atoms with Gasteiger partial charge in [0.05, 0.1) is 11.8 Å². The van der Waals surface area contributed by atoms with E-state index in [4.69, 9.17) is 4.74 Å². The van der Waals surface area contributed by atoms with Crippen molar-refractivity contribution < 1.29 is 9.53 Å². The van der Waals surface area contributed by atoms with E-state index in [1.165, 1.54) is 0 Å². The van der Waals surface area contributed by atoms with E-state index in [2.05, 4.69) is 33.2 Å². The van der Waals surface area contributed by atoms with Crippen LogP contribution in [0.3, 0.4) is 0 Å². The van der Waals surface area contributed by atoms with Gasteiger partial charge in [0.25, 0.3) is 0 Å². The van der Waals surface area contributed by atoms with Gasteiger partial charge in [0.2, 0.25) is 0 Å². The summed E-state index contributed by atoms with van der Waals surface area (Å²) in [6, 6.07) is 7.49. The van der Waals surface area contributed by atoms with E-state index in [-0.39, 0.29) is 12.1 Å². The van der Waals surface area contributed by atoms with Gasteiger partial charge < -0.3 is 15.4 Å². The molecule has 0 spiro atoms. The van der Waals surface area contributed by atoms with Crippen LogP contribution in [0.4, 0.5) is 10.5 Å². The Bertz CT molecular complexity index is 383. The molecule has 5 heteroatoms. The molecule has 0 aliphatic carbocycles. The number of carbonyl (C=O) groups is 1. The Morgan fingerprint density at radius 1 is 1.39 bits per heavy atom. The maximum atomic E-state index is 11.6. The number of hydrogen-bond donors (Lipinski definition) is 2. The molecule has 0 bridgehead atoms. The Balaban J connectivity index is 2.20. The number of ether oxygens (including phenoxy) is 1. The SMILES string of the molecule is CC(C)OCCCNC(=O)Nc1ccccc1I. The fourth-order valence-corrected chi connectivity index (χ4v) is 1.84. The van der Waals surface area contributed by atoms with E-state index >= 15 is 0 Å². The average molecular weight is 362 g/mol. The first-order valence-electron chi connectivity index (χ1n) is 6.00. The number of hydrogen-bond acceptors (Lipinski definition) is 2. The average Bonchev–Trinajstić information content (AvgIpc) is 2.31. The van der Waals surface area contributed by atoms with E-state index < -0.39 is 0 Å². The number of nitrogens with one attached hydrogen (secondary N) is 2. The topological polar surface area (TPSA) is 50.4 Å². The maximum absolute atomic E-state index is 11.6. The molecule has 2 N–H and O–H groups in total. The van der Waals surface area contributed by atoms with Gasteiger partial charge in [0.15, 0.2) is 0 Å². The highest BCUT2D eigenvalue weighted by atomic mass is 127. The van der Waals surface area contributed by atoms with E-state index in [9.17, 15) is 4.79 Å². The summed E-state index contributed by atoms with van der Waals surface area (Å²) < 4.78 is 6.41. The molecule has 0 atom stereocenters. The third-order valence-corrected chi connectivity index (χ3v) is 3.12. The van der Waals surface area contributed by atoms with Crippen molar-refractivity contribution in [1.29, 1.82) is 0 Å². The van der Waals surface area contributed by atoms with Gasteiger partial charge in [-0.25, -0.2) is 4.79 Å². The molecule has 0 heterocycles. The number of carbonyl (C=O) groups excluding carboxylic acids is 1. The van der Waals surface area contributed by atoms with Crippen LogP contribution in [0.5, 0.6) is 0 Å². The van der Waals surface area contributed by atoms with Crippen molar-refractivity contribution >= 4 is 34.3 Å². The van der Waals surface area contributed by atoms with Crippen molar-refractivity contribution in [3.8, 4) is 0 Å². The molecule has 2 amide bonds. The molecule has 4 nitrogen and oxygen atoms in total. The lowest BCUT2D eigenvalue weighted by molar-refractivity contribution is 0.0775. The molecule has 0 fully saturated rings. The highest BCUT2D eigenvalue weighted by molar-refractivity contribution is 14.1. The van der Waals surface area contributed by atoms with Crippen LogP contribution >= 0.6 is 22.6 Å². The second kappa shape index (κ2) is 8.31. The van der Waals surface area contributed by atoms with Crippen molar-refractivity contribution in [2.24, 2.45) is 0 Å². The highest BCUT2D eigenvalue weighted by Crippen LogP contribution is 2.16. The monoisotopic (exact) mass is 362 g/mol. The van der Waals surface area contributed by atoms with Crippen molar-refractivity contribution in [1.82, 2.24) is 5.32 Å². The van der Waals surface area contributed by atoms with Gasteiger partial charge >= 0.3 is 6.03 Å². The molecule has 0 aliphatic rings.